The third kappa shape index (κ3) is 3.48. The molecule has 1 heterocycles. The molecule has 112 valence electrons. The lowest BCUT2D eigenvalue weighted by Gasteiger charge is -2.29. The van der Waals surface area contributed by atoms with Gasteiger partial charge in [-0.25, -0.2) is 9.59 Å². The maximum absolute atomic E-state index is 11.7. The van der Waals surface area contributed by atoms with Gasteiger partial charge in [0.1, 0.15) is 5.75 Å². The van der Waals surface area contributed by atoms with Gasteiger partial charge in [-0.15, -0.1) is 0 Å². The molecule has 0 bridgehead atoms. The number of hydrogen-bond acceptors (Lipinski definition) is 6. The van der Waals surface area contributed by atoms with Crippen molar-refractivity contribution in [1.82, 2.24) is 0 Å². The summed E-state index contributed by atoms with van der Waals surface area (Å²) in [6.07, 6.45) is 1.16. The second-order valence-electron chi connectivity index (χ2n) is 4.67. The molecule has 1 fully saturated rings. The number of benzene rings is 1. The molecule has 0 spiro atoms. The number of halogens is 2. The van der Waals surface area contributed by atoms with Crippen molar-refractivity contribution in [1.29, 1.82) is 0 Å². The maximum Gasteiger partial charge on any atom is 0.350 e. The lowest BCUT2D eigenvalue weighted by Crippen LogP contribution is -2.42. The Morgan fingerprint density at radius 1 is 1.29 bits per heavy atom. The molecule has 1 saturated heterocycles. The highest BCUT2D eigenvalue weighted by Crippen LogP contribution is 2.35. The normalized spacial score (nSPS) is 17.0. The van der Waals surface area contributed by atoms with Gasteiger partial charge >= 0.3 is 11.9 Å². The highest BCUT2D eigenvalue weighted by molar-refractivity contribution is 9.10. The minimum absolute atomic E-state index is 0.104. The lowest BCUT2D eigenvalue weighted by atomic mass is 10.2. The molecule has 0 amide bonds. The molecular weight excluding hydrogens is 366 g/mol. The third-order valence-corrected chi connectivity index (χ3v) is 3.41. The number of phenolic OH excluding ortho intramolecular Hbond substituents is 1. The van der Waals surface area contributed by atoms with Crippen molar-refractivity contribution in [2.45, 2.75) is 19.6 Å². The van der Waals surface area contributed by atoms with Crippen molar-refractivity contribution in [2.24, 2.45) is 0 Å². The van der Waals surface area contributed by atoms with Gasteiger partial charge in [0.2, 0.25) is 0 Å². The Bertz CT molecular complexity index is 611. The smallest absolute Gasteiger partial charge is 0.350 e. The average Bonchev–Trinajstić information content (AvgIpc) is 2.33. The quantitative estimate of drug-likeness (QED) is 0.357. The number of phenols is 1. The number of rotatable bonds is 2. The van der Waals surface area contributed by atoms with Crippen LogP contribution in [0.3, 0.4) is 0 Å². The highest BCUT2D eigenvalue weighted by Gasteiger charge is 2.38. The predicted molar refractivity (Wildman–Crippen MR) is 78.8 cm³/mol. The fourth-order valence-corrected chi connectivity index (χ4v) is 2.38. The Kier molecular flexibility index (Phi) is 4.15. The molecule has 0 unspecified atom stereocenters. The van der Waals surface area contributed by atoms with E-state index in [0.717, 1.165) is 6.20 Å². The third-order valence-electron chi connectivity index (χ3n) is 2.52. The average molecular weight is 377 g/mol. The molecular formula is C13H11BrClNO5. The molecule has 21 heavy (non-hydrogen) atoms. The monoisotopic (exact) mass is 375 g/mol. The Balaban J connectivity index is 2.22. The van der Waals surface area contributed by atoms with E-state index in [4.69, 9.17) is 21.1 Å². The largest absolute Gasteiger partial charge is 0.505 e. The Morgan fingerprint density at radius 3 is 2.38 bits per heavy atom. The molecule has 1 aromatic carbocycles. The van der Waals surface area contributed by atoms with Gasteiger partial charge in [-0.05, 0) is 28.1 Å². The van der Waals surface area contributed by atoms with Crippen LogP contribution >= 0.6 is 27.5 Å². The number of carbonyl (C=O) groups excluding carboxylic acids is 2. The van der Waals surface area contributed by atoms with Gasteiger partial charge in [-0.3, -0.25) is 0 Å². The van der Waals surface area contributed by atoms with Crippen molar-refractivity contribution in [3.63, 3.8) is 0 Å². The van der Waals surface area contributed by atoms with E-state index in [9.17, 15) is 14.7 Å². The maximum atomic E-state index is 11.7. The second kappa shape index (κ2) is 5.57. The number of ether oxygens (including phenoxy) is 2. The number of cyclic esters (lactones) is 2. The van der Waals surface area contributed by atoms with Gasteiger partial charge in [0.05, 0.1) is 9.50 Å². The number of hydrogen-bond donors (Lipinski definition) is 2. The van der Waals surface area contributed by atoms with Gasteiger partial charge in [0.25, 0.3) is 5.79 Å². The molecule has 0 atom stereocenters. The molecule has 6 nitrogen and oxygen atoms in total. The summed E-state index contributed by atoms with van der Waals surface area (Å²) in [6.45, 7) is 2.92. The first-order chi connectivity index (χ1) is 9.69. The molecule has 1 aliphatic rings. The minimum atomic E-state index is -1.28. The van der Waals surface area contributed by atoms with Crippen LogP contribution in [0, 0.1) is 0 Å². The van der Waals surface area contributed by atoms with Crippen molar-refractivity contribution in [3.05, 3.63) is 33.4 Å². The molecule has 0 aliphatic carbocycles. The SMILES string of the molecule is CC1(C)OC(=O)C(=CNc2cc(Cl)c(O)c(Br)c2)C(=O)O1. The van der Waals surface area contributed by atoms with Gasteiger partial charge in [-0.1, -0.05) is 11.6 Å². The number of anilines is 1. The van der Waals surface area contributed by atoms with E-state index in [-0.39, 0.29) is 16.3 Å². The zero-order chi connectivity index (χ0) is 15.8. The van der Waals surface area contributed by atoms with E-state index in [0.29, 0.717) is 10.2 Å². The molecule has 1 aliphatic heterocycles. The van der Waals surface area contributed by atoms with E-state index in [1.54, 1.807) is 0 Å². The Hall–Kier alpha value is -1.73. The van der Waals surface area contributed by atoms with Gasteiger partial charge in [0.15, 0.2) is 5.57 Å². The van der Waals surface area contributed by atoms with Crippen LogP contribution in [0.25, 0.3) is 0 Å². The van der Waals surface area contributed by atoms with Crippen LogP contribution in [0.4, 0.5) is 5.69 Å². The number of aromatic hydroxyl groups is 1. The zero-order valence-corrected chi connectivity index (χ0v) is 13.4. The minimum Gasteiger partial charge on any atom is -0.505 e. The number of carbonyl (C=O) groups is 2. The zero-order valence-electron chi connectivity index (χ0n) is 11.1. The van der Waals surface area contributed by atoms with E-state index >= 15 is 0 Å². The summed E-state index contributed by atoms with van der Waals surface area (Å²) in [7, 11) is 0. The van der Waals surface area contributed by atoms with Crippen LogP contribution in [0.1, 0.15) is 13.8 Å². The molecule has 2 N–H and O–H groups in total. The van der Waals surface area contributed by atoms with E-state index < -0.39 is 17.7 Å². The van der Waals surface area contributed by atoms with E-state index in [1.165, 1.54) is 26.0 Å². The lowest BCUT2D eigenvalue weighted by molar-refractivity contribution is -0.222. The number of nitrogens with one attached hydrogen (secondary N) is 1. The van der Waals surface area contributed by atoms with Crippen molar-refractivity contribution < 1.29 is 24.2 Å². The summed E-state index contributed by atoms with van der Waals surface area (Å²) in [5, 5.41) is 12.4. The van der Waals surface area contributed by atoms with Crippen LogP contribution in [0.2, 0.25) is 5.02 Å². The topological polar surface area (TPSA) is 84.9 Å². The van der Waals surface area contributed by atoms with Gasteiger partial charge < -0.3 is 19.9 Å². The number of esters is 2. The van der Waals surface area contributed by atoms with Crippen LogP contribution < -0.4 is 5.32 Å². The van der Waals surface area contributed by atoms with Crippen LogP contribution in [0.5, 0.6) is 5.75 Å². The van der Waals surface area contributed by atoms with Gasteiger partial charge in [-0.2, -0.15) is 0 Å². The fourth-order valence-electron chi connectivity index (χ4n) is 1.58. The first-order valence-electron chi connectivity index (χ1n) is 5.81. The van der Waals surface area contributed by atoms with Crippen LogP contribution in [-0.4, -0.2) is 22.8 Å². The summed E-state index contributed by atoms with van der Waals surface area (Å²) in [4.78, 5) is 23.4. The van der Waals surface area contributed by atoms with Crippen molar-refractivity contribution in [3.8, 4) is 5.75 Å². The molecule has 0 aromatic heterocycles. The summed E-state index contributed by atoms with van der Waals surface area (Å²) in [6, 6.07) is 2.96. The summed E-state index contributed by atoms with van der Waals surface area (Å²) in [5.41, 5.74) is 0.192. The standard InChI is InChI=1S/C13H11BrClNO5/c1-13(2)20-11(18)7(12(19)21-13)5-16-6-3-8(14)10(17)9(15)4-6/h3-5,16-17H,1-2H3. The Labute approximate surface area is 133 Å². The first kappa shape index (κ1) is 15.7. The summed E-state index contributed by atoms with van der Waals surface area (Å²) < 4.78 is 10.3. The Morgan fingerprint density at radius 2 is 1.86 bits per heavy atom. The summed E-state index contributed by atoms with van der Waals surface area (Å²) in [5.74, 6) is -2.95. The molecule has 2 rings (SSSR count). The first-order valence-corrected chi connectivity index (χ1v) is 6.98. The van der Waals surface area contributed by atoms with Crippen molar-refractivity contribution >= 4 is 45.2 Å². The van der Waals surface area contributed by atoms with Crippen LogP contribution in [-0.2, 0) is 19.1 Å². The molecule has 0 radical (unpaired) electrons. The van der Waals surface area contributed by atoms with E-state index in [1.807, 2.05) is 0 Å². The second-order valence-corrected chi connectivity index (χ2v) is 5.93. The van der Waals surface area contributed by atoms with E-state index in [2.05, 4.69) is 21.2 Å². The highest BCUT2D eigenvalue weighted by atomic mass is 79.9. The molecule has 8 heteroatoms. The van der Waals surface area contributed by atoms with Crippen LogP contribution in [0.15, 0.2) is 28.4 Å². The van der Waals surface area contributed by atoms with Crippen molar-refractivity contribution in [2.75, 3.05) is 5.32 Å². The van der Waals surface area contributed by atoms with Gasteiger partial charge in [0, 0.05) is 25.7 Å². The fraction of sp³-hybridized carbons (Fsp3) is 0.231. The summed E-state index contributed by atoms with van der Waals surface area (Å²) >= 11 is 8.93. The molecule has 1 aromatic rings. The predicted octanol–water partition coefficient (Wildman–Crippen LogP) is 2.94. The molecule has 0 saturated carbocycles.